The quantitative estimate of drug-likeness (QED) is 0.821. The minimum Gasteiger partial charge on any atom is -0.329 e. The molecule has 3 fully saturated rings. The summed E-state index contributed by atoms with van der Waals surface area (Å²) in [4.78, 5) is 2.86. The van der Waals surface area contributed by atoms with Crippen LogP contribution in [0.4, 0.5) is 0 Å². The fourth-order valence-corrected chi connectivity index (χ4v) is 5.79. The molecule has 2 aliphatic heterocycles. The van der Waals surface area contributed by atoms with Crippen LogP contribution >= 0.6 is 11.8 Å². The van der Waals surface area contributed by atoms with Gasteiger partial charge in [0.05, 0.1) is 0 Å². The summed E-state index contributed by atoms with van der Waals surface area (Å²) in [5, 5.41) is 0. The summed E-state index contributed by atoms with van der Waals surface area (Å²) in [6.45, 7) is 2.20. The van der Waals surface area contributed by atoms with Crippen molar-refractivity contribution in [3.05, 3.63) is 0 Å². The highest BCUT2D eigenvalue weighted by Crippen LogP contribution is 2.42. The highest BCUT2D eigenvalue weighted by Gasteiger charge is 2.45. The minimum atomic E-state index is 0.366. The number of nitrogens with two attached hydrogens (primary N) is 1. The molecule has 3 atom stereocenters. The van der Waals surface area contributed by atoms with Crippen molar-refractivity contribution in [1.82, 2.24) is 4.90 Å². The fourth-order valence-electron chi connectivity index (χ4n) is 4.31. The molecule has 3 aliphatic rings. The molecule has 0 aromatic heterocycles. The molecule has 0 spiro atoms. The molecule has 2 N–H and O–H groups in total. The van der Waals surface area contributed by atoms with Gasteiger partial charge in [0.15, 0.2) is 0 Å². The van der Waals surface area contributed by atoms with Gasteiger partial charge >= 0.3 is 0 Å². The van der Waals surface area contributed by atoms with Crippen molar-refractivity contribution >= 4 is 11.8 Å². The summed E-state index contributed by atoms with van der Waals surface area (Å²) in [6, 6.07) is 0.875. The topological polar surface area (TPSA) is 29.3 Å². The highest BCUT2D eigenvalue weighted by atomic mass is 32.2. The van der Waals surface area contributed by atoms with E-state index in [9.17, 15) is 0 Å². The fraction of sp³-hybridized carbons (Fsp3) is 1.00. The SMILES string of the molecule is NCC1(N2CCCC3CCCCC32)CCSC1. The summed E-state index contributed by atoms with van der Waals surface area (Å²) >= 11 is 2.12. The molecule has 0 aromatic rings. The van der Waals surface area contributed by atoms with E-state index in [1.165, 1.54) is 63.0 Å². The Bertz CT molecular complexity index is 261. The van der Waals surface area contributed by atoms with Crippen LogP contribution in [0.15, 0.2) is 0 Å². The number of hydrogen-bond donors (Lipinski definition) is 1. The van der Waals surface area contributed by atoms with Crippen LogP contribution in [0.1, 0.15) is 44.9 Å². The summed E-state index contributed by atoms with van der Waals surface area (Å²) in [5.74, 6) is 3.60. The van der Waals surface area contributed by atoms with Crippen LogP contribution < -0.4 is 5.73 Å². The van der Waals surface area contributed by atoms with Gasteiger partial charge in [-0.15, -0.1) is 0 Å². The molecule has 2 heterocycles. The lowest BCUT2D eigenvalue weighted by Crippen LogP contribution is -2.62. The first-order chi connectivity index (χ1) is 8.36. The zero-order valence-electron chi connectivity index (χ0n) is 10.9. The van der Waals surface area contributed by atoms with Crippen LogP contribution in [0, 0.1) is 5.92 Å². The predicted molar refractivity (Wildman–Crippen MR) is 75.4 cm³/mol. The summed E-state index contributed by atoms with van der Waals surface area (Å²) in [6.07, 6.45) is 10.1. The standard InChI is InChI=1S/C14H26N2S/c15-10-14(7-9-17-11-14)16-8-3-5-12-4-1-2-6-13(12)16/h12-13H,1-11,15H2. The van der Waals surface area contributed by atoms with E-state index < -0.39 is 0 Å². The maximum Gasteiger partial charge on any atom is 0.0432 e. The van der Waals surface area contributed by atoms with E-state index >= 15 is 0 Å². The van der Waals surface area contributed by atoms with Crippen molar-refractivity contribution in [2.75, 3.05) is 24.6 Å². The Morgan fingerprint density at radius 3 is 2.76 bits per heavy atom. The second-order valence-electron chi connectivity index (χ2n) is 6.18. The lowest BCUT2D eigenvalue weighted by atomic mass is 9.76. The lowest BCUT2D eigenvalue weighted by Gasteiger charge is -2.52. The number of rotatable bonds is 2. The lowest BCUT2D eigenvalue weighted by molar-refractivity contribution is -0.0137. The zero-order chi connectivity index (χ0) is 11.7. The Hall–Kier alpha value is 0.270. The number of hydrogen-bond acceptors (Lipinski definition) is 3. The van der Waals surface area contributed by atoms with Crippen molar-refractivity contribution < 1.29 is 0 Å². The number of thioether (sulfide) groups is 1. The average Bonchev–Trinajstić information content (AvgIpc) is 2.88. The second kappa shape index (κ2) is 5.10. The molecule has 2 nitrogen and oxygen atoms in total. The normalized spacial score (nSPS) is 43.6. The van der Waals surface area contributed by atoms with Gasteiger partial charge in [-0.25, -0.2) is 0 Å². The second-order valence-corrected chi connectivity index (χ2v) is 7.28. The molecule has 0 radical (unpaired) electrons. The largest absolute Gasteiger partial charge is 0.329 e. The molecule has 1 aliphatic carbocycles. The molecule has 2 saturated heterocycles. The molecule has 17 heavy (non-hydrogen) atoms. The van der Waals surface area contributed by atoms with E-state index in [4.69, 9.17) is 5.73 Å². The average molecular weight is 254 g/mol. The molecule has 0 aromatic carbocycles. The van der Waals surface area contributed by atoms with E-state index in [2.05, 4.69) is 16.7 Å². The third-order valence-electron chi connectivity index (χ3n) is 5.31. The van der Waals surface area contributed by atoms with Crippen molar-refractivity contribution in [2.45, 2.75) is 56.5 Å². The summed E-state index contributed by atoms with van der Waals surface area (Å²) < 4.78 is 0. The van der Waals surface area contributed by atoms with E-state index in [0.29, 0.717) is 5.54 Å². The van der Waals surface area contributed by atoms with Crippen molar-refractivity contribution in [2.24, 2.45) is 11.7 Å². The molecular weight excluding hydrogens is 228 g/mol. The van der Waals surface area contributed by atoms with Crippen LogP contribution in [0.25, 0.3) is 0 Å². The first-order valence-corrected chi connectivity index (χ1v) is 8.56. The third kappa shape index (κ3) is 2.15. The van der Waals surface area contributed by atoms with Gasteiger partial charge in [-0.3, -0.25) is 4.90 Å². The number of nitrogens with zero attached hydrogens (tertiary/aromatic N) is 1. The number of fused-ring (bicyclic) bond motifs is 1. The van der Waals surface area contributed by atoms with Crippen LogP contribution in [-0.4, -0.2) is 41.1 Å². The molecule has 3 unspecified atom stereocenters. The van der Waals surface area contributed by atoms with Crippen molar-refractivity contribution in [3.8, 4) is 0 Å². The molecule has 0 bridgehead atoms. The van der Waals surface area contributed by atoms with Gasteiger partial charge in [-0.2, -0.15) is 11.8 Å². The molecular formula is C14H26N2S. The van der Waals surface area contributed by atoms with Crippen LogP contribution in [0.2, 0.25) is 0 Å². The number of likely N-dealkylation sites (tertiary alicyclic amines) is 1. The minimum absolute atomic E-state index is 0.366. The Morgan fingerprint density at radius 1 is 1.18 bits per heavy atom. The zero-order valence-corrected chi connectivity index (χ0v) is 11.7. The van der Waals surface area contributed by atoms with Gasteiger partial charge in [-0.1, -0.05) is 12.8 Å². The van der Waals surface area contributed by atoms with E-state index in [1.807, 2.05) is 0 Å². The number of piperidine rings is 1. The van der Waals surface area contributed by atoms with Crippen LogP contribution in [0.3, 0.4) is 0 Å². The van der Waals surface area contributed by atoms with E-state index in [-0.39, 0.29) is 0 Å². The maximum absolute atomic E-state index is 6.17. The van der Waals surface area contributed by atoms with Crippen LogP contribution in [-0.2, 0) is 0 Å². The maximum atomic E-state index is 6.17. The molecule has 3 heteroatoms. The highest BCUT2D eigenvalue weighted by molar-refractivity contribution is 7.99. The summed E-state index contributed by atoms with van der Waals surface area (Å²) in [7, 11) is 0. The van der Waals surface area contributed by atoms with Gasteiger partial charge < -0.3 is 5.73 Å². The van der Waals surface area contributed by atoms with Gasteiger partial charge in [0, 0.05) is 23.9 Å². The first-order valence-electron chi connectivity index (χ1n) is 7.40. The Balaban J connectivity index is 1.79. The first kappa shape index (κ1) is 12.3. The molecule has 3 rings (SSSR count). The van der Waals surface area contributed by atoms with Gasteiger partial charge in [0.1, 0.15) is 0 Å². The van der Waals surface area contributed by atoms with Crippen molar-refractivity contribution in [3.63, 3.8) is 0 Å². The summed E-state index contributed by atoms with van der Waals surface area (Å²) in [5.41, 5.74) is 6.53. The van der Waals surface area contributed by atoms with Gasteiger partial charge in [0.2, 0.25) is 0 Å². The molecule has 98 valence electrons. The van der Waals surface area contributed by atoms with E-state index in [0.717, 1.165) is 18.5 Å². The third-order valence-corrected chi connectivity index (χ3v) is 6.55. The predicted octanol–water partition coefficient (Wildman–Crippen LogP) is 2.48. The van der Waals surface area contributed by atoms with Crippen LogP contribution in [0.5, 0.6) is 0 Å². The van der Waals surface area contributed by atoms with Crippen molar-refractivity contribution in [1.29, 1.82) is 0 Å². The Morgan fingerprint density at radius 2 is 2.00 bits per heavy atom. The molecule has 1 saturated carbocycles. The van der Waals surface area contributed by atoms with Gasteiger partial charge in [-0.05, 0) is 50.3 Å². The Kier molecular flexibility index (Phi) is 3.69. The Labute approximate surface area is 110 Å². The smallest absolute Gasteiger partial charge is 0.0432 e. The van der Waals surface area contributed by atoms with Gasteiger partial charge in [0.25, 0.3) is 0 Å². The van der Waals surface area contributed by atoms with E-state index in [1.54, 1.807) is 0 Å². The molecule has 0 amide bonds. The monoisotopic (exact) mass is 254 g/mol.